The first-order chi connectivity index (χ1) is 7.36. The van der Waals surface area contributed by atoms with Crippen molar-refractivity contribution in [1.29, 1.82) is 0 Å². The molecule has 2 aliphatic carbocycles. The predicted octanol–water partition coefficient (Wildman–Crippen LogP) is 3.69. The number of hydrogen-bond acceptors (Lipinski definition) is 1. The Labute approximate surface area is 101 Å². The summed E-state index contributed by atoms with van der Waals surface area (Å²) in [5.41, 5.74) is 1.33. The van der Waals surface area contributed by atoms with Gasteiger partial charge in [-0.3, -0.25) is 0 Å². The standard InChI is InChI=1S/C15H29N/c1-11(2)8-16-9-13-7-15(13)10-14(4,5)6-12(15)3/h11-13,16H,6-10H2,1-5H3. The van der Waals surface area contributed by atoms with Gasteiger partial charge in [0.25, 0.3) is 0 Å². The van der Waals surface area contributed by atoms with E-state index in [-0.39, 0.29) is 0 Å². The van der Waals surface area contributed by atoms with Gasteiger partial charge in [-0.1, -0.05) is 34.6 Å². The average Bonchev–Trinajstić information content (AvgIpc) is 2.70. The van der Waals surface area contributed by atoms with Crippen molar-refractivity contribution in [2.45, 2.75) is 53.9 Å². The molecule has 0 saturated heterocycles. The maximum atomic E-state index is 3.65. The van der Waals surface area contributed by atoms with Crippen molar-refractivity contribution >= 4 is 0 Å². The first kappa shape index (κ1) is 12.4. The SMILES string of the molecule is CC(C)CNCC1CC12CC(C)(C)CC2C. The van der Waals surface area contributed by atoms with Crippen molar-refractivity contribution < 1.29 is 0 Å². The van der Waals surface area contributed by atoms with E-state index in [1.165, 1.54) is 32.4 Å². The summed E-state index contributed by atoms with van der Waals surface area (Å²) in [5.74, 6) is 2.71. The molecule has 1 N–H and O–H groups in total. The molecule has 1 heteroatoms. The van der Waals surface area contributed by atoms with Gasteiger partial charge < -0.3 is 5.32 Å². The van der Waals surface area contributed by atoms with Gasteiger partial charge in [0, 0.05) is 0 Å². The van der Waals surface area contributed by atoms with E-state index < -0.39 is 0 Å². The Morgan fingerprint density at radius 1 is 1.25 bits per heavy atom. The van der Waals surface area contributed by atoms with Crippen LogP contribution in [0.4, 0.5) is 0 Å². The van der Waals surface area contributed by atoms with E-state index in [9.17, 15) is 0 Å². The Morgan fingerprint density at radius 3 is 2.44 bits per heavy atom. The van der Waals surface area contributed by atoms with Crippen molar-refractivity contribution in [3.8, 4) is 0 Å². The second-order valence-corrected chi connectivity index (χ2v) is 7.63. The highest BCUT2D eigenvalue weighted by Gasteiger charge is 2.62. The summed E-state index contributed by atoms with van der Waals surface area (Å²) in [6, 6.07) is 0. The van der Waals surface area contributed by atoms with E-state index >= 15 is 0 Å². The van der Waals surface area contributed by atoms with Crippen molar-refractivity contribution in [3.63, 3.8) is 0 Å². The molecule has 0 aromatic carbocycles. The first-order valence-corrected chi connectivity index (χ1v) is 7.06. The molecule has 0 heterocycles. The molecular weight excluding hydrogens is 194 g/mol. The molecule has 0 aliphatic heterocycles. The Balaban J connectivity index is 1.81. The molecular formula is C15H29N. The van der Waals surface area contributed by atoms with Gasteiger partial charge >= 0.3 is 0 Å². The summed E-state index contributed by atoms with van der Waals surface area (Å²) in [5, 5.41) is 3.65. The lowest BCUT2D eigenvalue weighted by molar-refractivity contribution is 0.328. The van der Waals surface area contributed by atoms with Crippen LogP contribution >= 0.6 is 0 Å². The van der Waals surface area contributed by atoms with E-state index in [0.29, 0.717) is 5.41 Å². The lowest BCUT2D eigenvalue weighted by Gasteiger charge is -2.18. The minimum absolute atomic E-state index is 0.603. The van der Waals surface area contributed by atoms with Gasteiger partial charge in [-0.2, -0.15) is 0 Å². The number of nitrogens with one attached hydrogen (secondary N) is 1. The van der Waals surface area contributed by atoms with E-state index in [0.717, 1.165) is 23.2 Å². The Bertz CT molecular complexity index is 256. The maximum absolute atomic E-state index is 3.65. The maximum Gasteiger partial charge on any atom is -0.00148 e. The zero-order valence-electron chi connectivity index (χ0n) is 11.8. The molecule has 16 heavy (non-hydrogen) atoms. The molecule has 0 amide bonds. The van der Waals surface area contributed by atoms with E-state index in [1.807, 2.05) is 0 Å². The topological polar surface area (TPSA) is 12.0 Å². The Kier molecular flexibility index (Phi) is 3.11. The number of hydrogen-bond donors (Lipinski definition) is 1. The van der Waals surface area contributed by atoms with Crippen LogP contribution in [0.1, 0.15) is 53.9 Å². The highest BCUT2D eigenvalue weighted by Crippen LogP contribution is 2.69. The van der Waals surface area contributed by atoms with Crippen LogP contribution in [0.2, 0.25) is 0 Å². The second-order valence-electron chi connectivity index (χ2n) is 7.63. The van der Waals surface area contributed by atoms with Crippen LogP contribution < -0.4 is 5.32 Å². The quantitative estimate of drug-likeness (QED) is 0.766. The molecule has 2 fully saturated rings. The molecule has 0 aromatic rings. The van der Waals surface area contributed by atoms with Gasteiger partial charge in [-0.25, -0.2) is 0 Å². The van der Waals surface area contributed by atoms with Crippen LogP contribution in [0.5, 0.6) is 0 Å². The Morgan fingerprint density at radius 2 is 1.94 bits per heavy atom. The van der Waals surface area contributed by atoms with Crippen LogP contribution in [-0.2, 0) is 0 Å². The van der Waals surface area contributed by atoms with E-state index in [2.05, 4.69) is 39.9 Å². The molecule has 0 bridgehead atoms. The van der Waals surface area contributed by atoms with Crippen molar-refractivity contribution in [2.75, 3.05) is 13.1 Å². The molecule has 2 saturated carbocycles. The van der Waals surface area contributed by atoms with Crippen LogP contribution in [0.15, 0.2) is 0 Å². The first-order valence-electron chi connectivity index (χ1n) is 7.06. The van der Waals surface area contributed by atoms with Gasteiger partial charge in [0.2, 0.25) is 0 Å². The summed E-state index contributed by atoms with van der Waals surface area (Å²) >= 11 is 0. The van der Waals surface area contributed by atoms with Gasteiger partial charge in [-0.05, 0) is 60.9 Å². The van der Waals surface area contributed by atoms with Crippen LogP contribution in [-0.4, -0.2) is 13.1 Å². The van der Waals surface area contributed by atoms with Gasteiger partial charge in [0.05, 0.1) is 0 Å². The molecule has 3 atom stereocenters. The predicted molar refractivity (Wildman–Crippen MR) is 70.4 cm³/mol. The molecule has 94 valence electrons. The molecule has 2 aliphatic rings. The fraction of sp³-hybridized carbons (Fsp3) is 1.00. The lowest BCUT2D eigenvalue weighted by atomic mass is 9.89. The molecule has 2 rings (SSSR count). The molecule has 1 nitrogen and oxygen atoms in total. The lowest BCUT2D eigenvalue weighted by Crippen LogP contribution is -2.24. The molecule has 0 aromatic heterocycles. The second kappa shape index (κ2) is 4.01. The van der Waals surface area contributed by atoms with Crippen molar-refractivity contribution in [1.82, 2.24) is 5.32 Å². The van der Waals surface area contributed by atoms with Gasteiger partial charge in [-0.15, -0.1) is 0 Å². The molecule has 1 spiro atoms. The third-order valence-electron chi connectivity index (χ3n) is 4.87. The zero-order chi connectivity index (χ0) is 12.0. The Hall–Kier alpha value is -0.0400. The number of rotatable bonds is 4. The highest BCUT2D eigenvalue weighted by atomic mass is 14.9. The smallest absolute Gasteiger partial charge is 0.00148 e. The van der Waals surface area contributed by atoms with Crippen LogP contribution in [0.3, 0.4) is 0 Å². The minimum Gasteiger partial charge on any atom is -0.316 e. The molecule has 3 unspecified atom stereocenters. The van der Waals surface area contributed by atoms with E-state index in [4.69, 9.17) is 0 Å². The van der Waals surface area contributed by atoms with Gasteiger partial charge in [0.1, 0.15) is 0 Å². The summed E-state index contributed by atoms with van der Waals surface area (Å²) in [4.78, 5) is 0. The molecule has 0 radical (unpaired) electrons. The third-order valence-corrected chi connectivity index (χ3v) is 4.87. The zero-order valence-corrected chi connectivity index (χ0v) is 11.8. The average molecular weight is 223 g/mol. The fourth-order valence-corrected chi connectivity index (χ4v) is 4.21. The van der Waals surface area contributed by atoms with Gasteiger partial charge in [0.15, 0.2) is 0 Å². The van der Waals surface area contributed by atoms with E-state index in [1.54, 1.807) is 0 Å². The normalized spacial score (nSPS) is 40.9. The third kappa shape index (κ3) is 2.30. The summed E-state index contributed by atoms with van der Waals surface area (Å²) < 4.78 is 0. The largest absolute Gasteiger partial charge is 0.316 e. The fourth-order valence-electron chi connectivity index (χ4n) is 4.21. The van der Waals surface area contributed by atoms with Crippen molar-refractivity contribution in [3.05, 3.63) is 0 Å². The van der Waals surface area contributed by atoms with Crippen molar-refractivity contribution in [2.24, 2.45) is 28.6 Å². The summed E-state index contributed by atoms with van der Waals surface area (Å²) in [6.07, 6.45) is 4.39. The van der Waals surface area contributed by atoms with Crippen LogP contribution in [0, 0.1) is 28.6 Å². The summed E-state index contributed by atoms with van der Waals surface area (Å²) in [7, 11) is 0. The highest BCUT2D eigenvalue weighted by molar-refractivity contribution is 5.12. The summed E-state index contributed by atoms with van der Waals surface area (Å²) in [6.45, 7) is 14.4. The monoisotopic (exact) mass is 223 g/mol. The minimum atomic E-state index is 0.603. The van der Waals surface area contributed by atoms with Crippen LogP contribution in [0.25, 0.3) is 0 Å².